The zero-order valence-electron chi connectivity index (χ0n) is 15.1. The summed E-state index contributed by atoms with van der Waals surface area (Å²) in [6, 6.07) is 9.38. The van der Waals surface area contributed by atoms with Gasteiger partial charge in [0.2, 0.25) is 0 Å². The van der Waals surface area contributed by atoms with Crippen molar-refractivity contribution in [3.05, 3.63) is 65.1 Å². The van der Waals surface area contributed by atoms with E-state index >= 15 is 0 Å². The molecular weight excluding hydrogens is 452 g/mol. The summed E-state index contributed by atoms with van der Waals surface area (Å²) in [6.45, 7) is 1.78. The largest absolute Gasteiger partial charge is 0.516 e. The van der Waals surface area contributed by atoms with Crippen molar-refractivity contribution in [1.29, 1.82) is 0 Å². The normalized spacial score (nSPS) is 12.6. The number of fused-ring (bicyclic) bond motifs is 1. The van der Waals surface area contributed by atoms with Crippen LogP contribution in [-0.4, -0.2) is 24.6 Å². The molecule has 0 bridgehead atoms. The van der Waals surface area contributed by atoms with Gasteiger partial charge < -0.3 is 4.57 Å². The SMILES string of the molecule is CC(c1ccc(F)cc1Cl)n1ccc2c(NS(=O)(=O)C(F)(F)F)cccc21.O=C=O. The lowest BCUT2D eigenvalue weighted by Crippen LogP contribution is -2.29. The highest BCUT2D eigenvalue weighted by molar-refractivity contribution is 7.93. The fourth-order valence-corrected chi connectivity index (χ4v) is 3.72. The van der Waals surface area contributed by atoms with Crippen LogP contribution in [0.15, 0.2) is 48.7 Å². The number of alkyl halides is 3. The highest BCUT2D eigenvalue weighted by Crippen LogP contribution is 2.34. The minimum absolute atomic E-state index is 0.194. The quantitative estimate of drug-likeness (QED) is 0.566. The number of anilines is 1. The zero-order valence-corrected chi connectivity index (χ0v) is 16.6. The summed E-state index contributed by atoms with van der Waals surface area (Å²) < 4.78 is 77.3. The van der Waals surface area contributed by atoms with Gasteiger partial charge in [-0.3, -0.25) is 4.72 Å². The molecule has 6 nitrogen and oxygen atoms in total. The second-order valence-electron chi connectivity index (χ2n) is 5.94. The van der Waals surface area contributed by atoms with E-state index in [2.05, 4.69) is 0 Å². The summed E-state index contributed by atoms with van der Waals surface area (Å²) in [5.74, 6) is -0.489. The van der Waals surface area contributed by atoms with E-state index in [1.54, 1.807) is 28.5 Å². The molecular formula is C18H13ClF4N2O4S. The van der Waals surface area contributed by atoms with Crippen LogP contribution in [0.2, 0.25) is 5.02 Å². The zero-order chi connectivity index (χ0) is 22.7. The smallest absolute Gasteiger partial charge is 0.340 e. The molecule has 0 saturated heterocycles. The van der Waals surface area contributed by atoms with Crippen LogP contribution in [0.1, 0.15) is 18.5 Å². The van der Waals surface area contributed by atoms with Gasteiger partial charge in [-0.25, -0.2) is 4.39 Å². The number of sulfonamides is 1. The Morgan fingerprint density at radius 3 is 2.33 bits per heavy atom. The van der Waals surface area contributed by atoms with Gasteiger partial charge in [0.15, 0.2) is 0 Å². The predicted molar refractivity (Wildman–Crippen MR) is 101 cm³/mol. The number of aromatic nitrogens is 1. The molecule has 0 saturated carbocycles. The highest BCUT2D eigenvalue weighted by atomic mass is 35.5. The maximum atomic E-state index is 13.3. The van der Waals surface area contributed by atoms with Gasteiger partial charge in [-0.1, -0.05) is 23.7 Å². The molecule has 1 aromatic heterocycles. The Morgan fingerprint density at radius 1 is 1.13 bits per heavy atom. The minimum Gasteiger partial charge on any atom is -0.340 e. The van der Waals surface area contributed by atoms with Gasteiger partial charge in [-0.15, -0.1) is 0 Å². The average Bonchev–Trinajstić information content (AvgIpc) is 3.06. The molecule has 30 heavy (non-hydrogen) atoms. The average molecular weight is 465 g/mol. The lowest BCUT2D eigenvalue weighted by Gasteiger charge is -2.18. The summed E-state index contributed by atoms with van der Waals surface area (Å²) in [5, 5.41) is 0.494. The fraction of sp³-hybridized carbons (Fsp3) is 0.167. The summed E-state index contributed by atoms with van der Waals surface area (Å²) >= 11 is 6.09. The first kappa shape index (κ1) is 23.4. The van der Waals surface area contributed by atoms with Crippen LogP contribution in [0.5, 0.6) is 0 Å². The van der Waals surface area contributed by atoms with Crippen LogP contribution in [0.25, 0.3) is 10.9 Å². The topological polar surface area (TPSA) is 85.2 Å². The van der Waals surface area contributed by atoms with E-state index in [0.717, 1.165) is 0 Å². The molecule has 2 aromatic carbocycles. The molecule has 0 radical (unpaired) electrons. The number of hydrogen-bond donors (Lipinski definition) is 1. The third-order valence-corrected chi connectivity index (χ3v) is 5.57. The van der Waals surface area contributed by atoms with Gasteiger partial charge in [0.05, 0.1) is 17.2 Å². The number of rotatable bonds is 4. The van der Waals surface area contributed by atoms with Crippen LogP contribution in [-0.2, 0) is 19.6 Å². The fourth-order valence-electron chi connectivity index (χ4n) is 2.81. The predicted octanol–water partition coefficient (Wildman–Crippen LogP) is 4.72. The summed E-state index contributed by atoms with van der Waals surface area (Å²) in [4.78, 5) is 16.2. The second kappa shape index (κ2) is 8.86. The number of nitrogens with zero attached hydrogens (tertiary/aromatic N) is 1. The van der Waals surface area contributed by atoms with Crippen LogP contribution in [0.4, 0.5) is 23.2 Å². The number of halogens is 5. The molecule has 0 aliphatic carbocycles. The Labute approximate surface area is 173 Å². The number of carbonyl (C=O) groups excluding carboxylic acids is 2. The van der Waals surface area contributed by atoms with Crippen molar-refractivity contribution in [3.8, 4) is 0 Å². The number of nitrogens with one attached hydrogen (secondary N) is 1. The molecule has 1 N–H and O–H groups in total. The Hall–Kier alpha value is -2.88. The number of hydrogen-bond acceptors (Lipinski definition) is 4. The van der Waals surface area contributed by atoms with Gasteiger partial charge in [0, 0.05) is 16.6 Å². The molecule has 0 spiro atoms. The van der Waals surface area contributed by atoms with Crippen LogP contribution in [0, 0.1) is 5.82 Å². The van der Waals surface area contributed by atoms with Crippen molar-refractivity contribution < 1.29 is 35.6 Å². The first-order valence-corrected chi connectivity index (χ1v) is 9.92. The van der Waals surface area contributed by atoms with Crippen molar-refractivity contribution >= 4 is 44.4 Å². The van der Waals surface area contributed by atoms with Crippen molar-refractivity contribution in [3.63, 3.8) is 0 Å². The lowest BCUT2D eigenvalue weighted by molar-refractivity contribution is -0.191. The molecule has 1 heterocycles. The second-order valence-corrected chi connectivity index (χ2v) is 8.02. The molecule has 0 amide bonds. The summed E-state index contributed by atoms with van der Waals surface area (Å²) in [5.41, 5.74) is -4.52. The van der Waals surface area contributed by atoms with E-state index in [1.807, 2.05) is 0 Å². The Morgan fingerprint density at radius 2 is 1.77 bits per heavy atom. The summed E-state index contributed by atoms with van der Waals surface area (Å²) in [6.07, 6.45) is 1.85. The van der Waals surface area contributed by atoms with Crippen molar-refractivity contribution in [2.75, 3.05) is 4.72 Å². The molecule has 0 aliphatic rings. The molecule has 3 aromatic rings. The third kappa shape index (κ3) is 4.81. The first-order valence-electron chi connectivity index (χ1n) is 8.05. The van der Waals surface area contributed by atoms with Crippen LogP contribution >= 0.6 is 11.6 Å². The minimum atomic E-state index is -5.54. The van der Waals surface area contributed by atoms with Gasteiger partial charge in [0.25, 0.3) is 0 Å². The first-order chi connectivity index (χ1) is 13.9. The molecule has 12 heteroatoms. The molecule has 3 rings (SSSR count). The van der Waals surface area contributed by atoms with Crippen LogP contribution in [0.3, 0.4) is 0 Å². The Kier molecular flexibility index (Phi) is 6.91. The monoisotopic (exact) mass is 464 g/mol. The van der Waals surface area contributed by atoms with E-state index in [0.29, 0.717) is 11.1 Å². The molecule has 0 aliphatic heterocycles. The van der Waals surface area contributed by atoms with E-state index in [9.17, 15) is 26.0 Å². The van der Waals surface area contributed by atoms with Gasteiger partial charge in [-0.2, -0.15) is 31.2 Å². The Balaban J connectivity index is 0.00000101. The molecule has 1 atom stereocenters. The van der Waals surface area contributed by atoms with E-state index in [-0.39, 0.29) is 28.3 Å². The lowest BCUT2D eigenvalue weighted by atomic mass is 10.1. The molecule has 0 fully saturated rings. The third-order valence-electron chi connectivity index (χ3n) is 4.14. The molecule has 160 valence electrons. The van der Waals surface area contributed by atoms with Gasteiger partial charge in [-0.05, 0) is 42.8 Å². The number of benzene rings is 2. The van der Waals surface area contributed by atoms with E-state index < -0.39 is 21.3 Å². The summed E-state index contributed by atoms with van der Waals surface area (Å²) in [7, 11) is -5.54. The standard InChI is InChI=1S/C17H13ClF4N2O2S.CO2/c1-10(12-6-5-11(19)9-14(12)18)24-8-7-13-15(3-2-4-16(13)24)23-27(25,26)17(20,21)22;2-1-3/h2-10,23H,1H3;. The highest BCUT2D eigenvalue weighted by Gasteiger charge is 2.46. The van der Waals surface area contributed by atoms with Gasteiger partial charge in [0.1, 0.15) is 5.82 Å². The van der Waals surface area contributed by atoms with E-state index in [4.69, 9.17) is 21.2 Å². The van der Waals surface area contributed by atoms with Crippen molar-refractivity contribution in [1.82, 2.24) is 4.57 Å². The van der Waals surface area contributed by atoms with Gasteiger partial charge >= 0.3 is 21.7 Å². The van der Waals surface area contributed by atoms with Crippen molar-refractivity contribution in [2.45, 2.75) is 18.5 Å². The molecule has 1 unspecified atom stereocenters. The maximum Gasteiger partial charge on any atom is 0.516 e. The van der Waals surface area contributed by atoms with Crippen molar-refractivity contribution in [2.24, 2.45) is 0 Å². The maximum absolute atomic E-state index is 13.3. The van der Waals surface area contributed by atoms with Crippen LogP contribution < -0.4 is 4.72 Å². The Bertz CT molecular complexity index is 1200. The van der Waals surface area contributed by atoms with E-state index in [1.165, 1.54) is 36.4 Å².